The Morgan fingerprint density at radius 1 is 1.29 bits per heavy atom. The molecule has 0 atom stereocenters. The zero-order valence-electron chi connectivity index (χ0n) is 9.14. The van der Waals surface area contributed by atoms with Crippen LogP contribution >= 0.6 is 0 Å². The van der Waals surface area contributed by atoms with Gasteiger partial charge in [0.05, 0.1) is 32.6 Å². The summed E-state index contributed by atoms with van der Waals surface area (Å²) in [5, 5.41) is 0. The maximum Gasteiger partial charge on any atom is 0.246 e. The van der Waals surface area contributed by atoms with Gasteiger partial charge in [-0.15, -0.1) is 0 Å². The lowest BCUT2D eigenvalue weighted by Gasteiger charge is -2.21. The molecular formula is C11H21BrN2. The van der Waals surface area contributed by atoms with Crippen LogP contribution in [0, 0.1) is 0 Å². The van der Waals surface area contributed by atoms with E-state index in [9.17, 15) is 0 Å². The lowest BCUT2D eigenvalue weighted by molar-refractivity contribution is -0.539. The minimum Gasteiger partial charge on any atom is -1.00 e. The average molecular weight is 261 g/mol. The second-order valence-electron chi connectivity index (χ2n) is 4.20. The van der Waals surface area contributed by atoms with Gasteiger partial charge in [-0.1, -0.05) is 13.3 Å². The molecule has 2 aliphatic rings. The van der Waals surface area contributed by atoms with Crippen LogP contribution in [0.15, 0.2) is 0 Å². The molecule has 2 heterocycles. The fraction of sp³-hybridized carbons (Fsp3) is 0.909. The maximum absolute atomic E-state index is 2.62. The van der Waals surface area contributed by atoms with Crippen molar-refractivity contribution in [2.24, 2.45) is 0 Å². The van der Waals surface area contributed by atoms with Crippen molar-refractivity contribution in [2.45, 2.75) is 39.0 Å². The van der Waals surface area contributed by atoms with E-state index in [2.05, 4.69) is 16.4 Å². The van der Waals surface area contributed by atoms with E-state index in [-0.39, 0.29) is 17.0 Å². The molecule has 0 amide bonds. The molecule has 2 aliphatic heterocycles. The Labute approximate surface area is 97.8 Å². The van der Waals surface area contributed by atoms with Gasteiger partial charge in [0.25, 0.3) is 0 Å². The highest BCUT2D eigenvalue weighted by Gasteiger charge is 2.31. The summed E-state index contributed by atoms with van der Waals surface area (Å²) in [7, 11) is 0. The van der Waals surface area contributed by atoms with Crippen molar-refractivity contribution < 1.29 is 21.6 Å². The molecule has 0 unspecified atom stereocenters. The monoisotopic (exact) mass is 260 g/mol. The highest BCUT2D eigenvalue weighted by molar-refractivity contribution is 5.79. The number of halogens is 1. The van der Waals surface area contributed by atoms with Gasteiger partial charge in [-0.05, 0) is 12.8 Å². The molecule has 0 radical (unpaired) electrons. The standard InChI is InChI=1S/C11H21N2.BrH/c1-2-3-7-12-9-5-10-13-8-4-6-11(12)13;/h2-10H2,1H3;1H/q+1;/p-1. The predicted molar refractivity (Wildman–Crippen MR) is 55.3 cm³/mol. The number of rotatable bonds is 3. The SMILES string of the molecule is CCCC[N+]1=C2CCCN2CCC1.[Br-]. The minimum absolute atomic E-state index is 0. The van der Waals surface area contributed by atoms with Crippen LogP contribution in [0.25, 0.3) is 0 Å². The molecule has 2 rings (SSSR count). The van der Waals surface area contributed by atoms with E-state index in [1.807, 2.05) is 0 Å². The normalized spacial score (nSPS) is 20.8. The molecule has 1 fully saturated rings. The van der Waals surface area contributed by atoms with Crippen LogP contribution in [0.4, 0.5) is 0 Å². The van der Waals surface area contributed by atoms with Crippen LogP contribution < -0.4 is 17.0 Å². The Morgan fingerprint density at radius 2 is 2.07 bits per heavy atom. The van der Waals surface area contributed by atoms with E-state index in [0.717, 1.165) is 0 Å². The number of unbranched alkanes of at least 4 members (excludes halogenated alkanes) is 1. The highest BCUT2D eigenvalue weighted by atomic mass is 79.9. The number of amidine groups is 1. The molecule has 0 bridgehead atoms. The van der Waals surface area contributed by atoms with Crippen molar-refractivity contribution in [1.29, 1.82) is 0 Å². The molecule has 82 valence electrons. The Kier molecular flexibility index (Phi) is 4.93. The van der Waals surface area contributed by atoms with Crippen LogP contribution in [0.5, 0.6) is 0 Å². The summed E-state index contributed by atoms with van der Waals surface area (Å²) in [6, 6.07) is 0. The van der Waals surface area contributed by atoms with Gasteiger partial charge in [-0.2, -0.15) is 0 Å². The summed E-state index contributed by atoms with van der Waals surface area (Å²) >= 11 is 0. The summed E-state index contributed by atoms with van der Waals surface area (Å²) in [4.78, 5) is 2.60. The third-order valence-corrected chi connectivity index (χ3v) is 3.20. The van der Waals surface area contributed by atoms with Gasteiger partial charge < -0.3 is 17.0 Å². The Bertz CT molecular complexity index is 213. The van der Waals surface area contributed by atoms with Gasteiger partial charge in [0.15, 0.2) is 0 Å². The number of nitrogens with zero attached hydrogens (tertiary/aromatic N) is 2. The van der Waals surface area contributed by atoms with Gasteiger partial charge in [0, 0.05) is 6.42 Å². The number of fused-ring (bicyclic) bond motifs is 1. The molecule has 0 aromatic heterocycles. The second-order valence-corrected chi connectivity index (χ2v) is 4.20. The van der Waals surface area contributed by atoms with E-state index in [1.165, 1.54) is 58.3 Å². The molecule has 0 saturated carbocycles. The van der Waals surface area contributed by atoms with Crippen molar-refractivity contribution in [2.75, 3.05) is 26.2 Å². The molecule has 0 aromatic carbocycles. The molecular weight excluding hydrogens is 240 g/mol. The first-order chi connectivity index (χ1) is 6.42. The van der Waals surface area contributed by atoms with E-state index in [0.29, 0.717) is 0 Å². The van der Waals surface area contributed by atoms with Crippen LogP contribution in [-0.2, 0) is 0 Å². The van der Waals surface area contributed by atoms with Gasteiger partial charge in [-0.25, -0.2) is 0 Å². The summed E-state index contributed by atoms with van der Waals surface area (Å²) in [6.45, 7) is 7.52. The first-order valence-corrected chi connectivity index (χ1v) is 5.77. The van der Waals surface area contributed by atoms with Crippen molar-refractivity contribution in [3.05, 3.63) is 0 Å². The molecule has 1 saturated heterocycles. The Morgan fingerprint density at radius 3 is 2.86 bits per heavy atom. The van der Waals surface area contributed by atoms with E-state index >= 15 is 0 Å². The molecule has 0 aliphatic carbocycles. The molecule has 0 aromatic rings. The first kappa shape index (κ1) is 12.0. The minimum atomic E-state index is 0. The van der Waals surface area contributed by atoms with Crippen LogP contribution in [0.3, 0.4) is 0 Å². The van der Waals surface area contributed by atoms with Crippen molar-refractivity contribution >= 4 is 5.84 Å². The van der Waals surface area contributed by atoms with E-state index < -0.39 is 0 Å². The van der Waals surface area contributed by atoms with Crippen LogP contribution in [0.1, 0.15) is 39.0 Å². The van der Waals surface area contributed by atoms with E-state index in [1.54, 1.807) is 5.84 Å². The number of hydrogen-bond acceptors (Lipinski definition) is 1. The van der Waals surface area contributed by atoms with Gasteiger partial charge >= 0.3 is 0 Å². The Hall–Kier alpha value is -0.0500. The molecule has 3 heteroatoms. The quantitative estimate of drug-likeness (QED) is 0.572. The lowest BCUT2D eigenvalue weighted by Crippen LogP contribution is -3.00. The topological polar surface area (TPSA) is 6.25 Å². The largest absolute Gasteiger partial charge is 1.00 e. The predicted octanol–water partition coefficient (Wildman–Crippen LogP) is -1.30. The third kappa shape index (κ3) is 2.50. The smallest absolute Gasteiger partial charge is 0.246 e. The summed E-state index contributed by atoms with van der Waals surface area (Å²) in [5.41, 5.74) is 0. The second kappa shape index (κ2) is 5.74. The summed E-state index contributed by atoms with van der Waals surface area (Å²) in [6.07, 6.45) is 6.77. The van der Waals surface area contributed by atoms with Crippen LogP contribution in [0.2, 0.25) is 0 Å². The highest BCUT2D eigenvalue weighted by Crippen LogP contribution is 2.15. The number of hydrogen-bond donors (Lipinski definition) is 0. The molecule has 0 spiro atoms. The summed E-state index contributed by atoms with van der Waals surface area (Å²) in [5.74, 6) is 1.65. The molecule has 2 nitrogen and oxygen atoms in total. The average Bonchev–Trinajstić information content (AvgIpc) is 2.62. The zero-order chi connectivity index (χ0) is 9.10. The fourth-order valence-electron chi connectivity index (χ4n) is 2.49. The van der Waals surface area contributed by atoms with Crippen molar-refractivity contribution in [3.63, 3.8) is 0 Å². The van der Waals surface area contributed by atoms with Gasteiger partial charge in [-0.3, -0.25) is 9.48 Å². The zero-order valence-corrected chi connectivity index (χ0v) is 10.7. The first-order valence-electron chi connectivity index (χ1n) is 5.77. The van der Waals surface area contributed by atoms with Crippen LogP contribution in [-0.4, -0.2) is 41.5 Å². The van der Waals surface area contributed by atoms with Gasteiger partial charge in [0.2, 0.25) is 5.84 Å². The summed E-state index contributed by atoms with van der Waals surface area (Å²) < 4.78 is 2.62. The van der Waals surface area contributed by atoms with Crippen molar-refractivity contribution in [3.8, 4) is 0 Å². The Balaban J connectivity index is 0.000000980. The molecule has 14 heavy (non-hydrogen) atoms. The van der Waals surface area contributed by atoms with E-state index in [4.69, 9.17) is 0 Å². The van der Waals surface area contributed by atoms with Crippen molar-refractivity contribution in [1.82, 2.24) is 4.90 Å². The fourth-order valence-corrected chi connectivity index (χ4v) is 2.49. The maximum atomic E-state index is 2.62. The molecule has 0 N–H and O–H groups in total. The third-order valence-electron chi connectivity index (χ3n) is 3.20. The lowest BCUT2D eigenvalue weighted by atomic mass is 10.2. The van der Waals surface area contributed by atoms with Gasteiger partial charge in [0.1, 0.15) is 0 Å².